The van der Waals surface area contributed by atoms with Gasteiger partial charge >= 0.3 is 0 Å². The molecule has 2 atom stereocenters. The van der Waals surface area contributed by atoms with Crippen LogP contribution in [0.3, 0.4) is 0 Å². The van der Waals surface area contributed by atoms with Gasteiger partial charge in [-0.2, -0.15) is 0 Å². The molecule has 0 aliphatic carbocycles. The fourth-order valence-electron chi connectivity index (χ4n) is 4.40. The third-order valence-electron chi connectivity index (χ3n) is 6.40. The predicted molar refractivity (Wildman–Crippen MR) is 135 cm³/mol. The predicted octanol–water partition coefficient (Wildman–Crippen LogP) is 4.69. The second-order valence-corrected chi connectivity index (χ2v) is 9.18. The third kappa shape index (κ3) is 7.52. The van der Waals surface area contributed by atoms with Crippen LogP contribution in [0.4, 0.5) is 8.78 Å². The molecule has 37 heavy (non-hydrogen) atoms. The monoisotopic (exact) mass is 508 g/mol. The zero-order valence-electron chi connectivity index (χ0n) is 20.7. The molecule has 3 aromatic carbocycles. The Labute approximate surface area is 215 Å². The van der Waals surface area contributed by atoms with E-state index in [1.54, 1.807) is 35.0 Å². The van der Waals surface area contributed by atoms with Crippen molar-refractivity contribution in [3.8, 4) is 11.5 Å². The molecule has 1 aliphatic heterocycles. The summed E-state index contributed by atoms with van der Waals surface area (Å²) in [4.78, 5) is 29.3. The Morgan fingerprint density at radius 2 is 1.70 bits per heavy atom. The van der Waals surface area contributed by atoms with E-state index in [9.17, 15) is 18.4 Å². The third-order valence-corrected chi connectivity index (χ3v) is 6.40. The molecular formula is C29H30F2N2O4. The van der Waals surface area contributed by atoms with Crippen molar-refractivity contribution in [1.29, 1.82) is 0 Å². The van der Waals surface area contributed by atoms with Gasteiger partial charge in [0, 0.05) is 51.5 Å². The van der Waals surface area contributed by atoms with Crippen LogP contribution in [0.15, 0.2) is 78.9 Å². The number of halogens is 2. The normalized spacial score (nSPS) is 17.2. The SMILES string of the molecule is CN(Cc1ccccc1)C(=O)C[C@H]1CN(C(=O)COc2cccc(F)c2)CC[C@@H]1Oc1ccc(F)cc1. The molecule has 0 spiro atoms. The minimum atomic E-state index is -0.443. The lowest BCUT2D eigenvalue weighted by Crippen LogP contribution is -2.50. The smallest absolute Gasteiger partial charge is 0.260 e. The summed E-state index contributed by atoms with van der Waals surface area (Å²) in [6.45, 7) is 0.964. The highest BCUT2D eigenvalue weighted by Gasteiger charge is 2.35. The number of carbonyl (C=O) groups is 2. The van der Waals surface area contributed by atoms with E-state index in [-0.39, 0.29) is 48.4 Å². The van der Waals surface area contributed by atoms with E-state index >= 15 is 0 Å². The van der Waals surface area contributed by atoms with Crippen LogP contribution < -0.4 is 9.47 Å². The average Bonchev–Trinajstić information content (AvgIpc) is 2.90. The van der Waals surface area contributed by atoms with Gasteiger partial charge in [-0.05, 0) is 42.0 Å². The molecule has 0 unspecified atom stereocenters. The highest BCUT2D eigenvalue weighted by molar-refractivity contribution is 5.79. The molecule has 0 bridgehead atoms. The molecular weight excluding hydrogens is 478 g/mol. The Bertz CT molecular complexity index is 1190. The summed E-state index contributed by atoms with van der Waals surface area (Å²) in [5.41, 5.74) is 1.02. The molecule has 3 aromatic rings. The lowest BCUT2D eigenvalue weighted by atomic mass is 9.90. The molecule has 6 nitrogen and oxygen atoms in total. The number of ether oxygens (including phenoxy) is 2. The maximum atomic E-state index is 13.4. The van der Waals surface area contributed by atoms with Crippen LogP contribution >= 0.6 is 0 Å². The molecule has 8 heteroatoms. The van der Waals surface area contributed by atoms with E-state index in [0.717, 1.165) is 5.56 Å². The van der Waals surface area contributed by atoms with Crippen molar-refractivity contribution in [2.75, 3.05) is 26.7 Å². The Morgan fingerprint density at radius 3 is 2.43 bits per heavy atom. The number of rotatable bonds is 9. The van der Waals surface area contributed by atoms with Gasteiger partial charge in [-0.15, -0.1) is 0 Å². The van der Waals surface area contributed by atoms with Gasteiger partial charge in [-0.3, -0.25) is 9.59 Å². The standard InChI is InChI=1S/C29H30F2N2O4/c1-32(18-21-6-3-2-4-7-21)28(34)16-22-19-33(29(35)20-36-26-9-5-8-24(31)17-26)15-14-27(22)37-25-12-10-23(30)11-13-25/h2-13,17,22,27H,14-16,18-20H2,1H3/t22-,27-/m0/s1. The number of carbonyl (C=O) groups excluding carboxylic acids is 2. The maximum Gasteiger partial charge on any atom is 0.260 e. The summed E-state index contributed by atoms with van der Waals surface area (Å²) in [5, 5.41) is 0. The van der Waals surface area contributed by atoms with Crippen molar-refractivity contribution in [1.82, 2.24) is 9.80 Å². The van der Waals surface area contributed by atoms with Crippen LogP contribution in [-0.2, 0) is 16.1 Å². The van der Waals surface area contributed by atoms with Crippen LogP contribution in [0.5, 0.6) is 11.5 Å². The number of likely N-dealkylation sites (tertiary alicyclic amines) is 1. The van der Waals surface area contributed by atoms with Gasteiger partial charge in [-0.25, -0.2) is 8.78 Å². The van der Waals surface area contributed by atoms with Crippen LogP contribution in [0.25, 0.3) is 0 Å². The molecule has 0 aromatic heterocycles. The first-order valence-corrected chi connectivity index (χ1v) is 12.2. The summed E-state index contributed by atoms with van der Waals surface area (Å²) in [7, 11) is 1.75. The molecule has 0 N–H and O–H groups in total. The van der Waals surface area contributed by atoms with Gasteiger partial charge in [0.25, 0.3) is 5.91 Å². The number of amides is 2. The Kier molecular flexibility index (Phi) is 8.72. The van der Waals surface area contributed by atoms with Crippen LogP contribution in [0, 0.1) is 17.6 Å². The van der Waals surface area contributed by atoms with E-state index in [4.69, 9.17) is 9.47 Å². The highest BCUT2D eigenvalue weighted by Crippen LogP contribution is 2.27. The van der Waals surface area contributed by atoms with E-state index < -0.39 is 5.82 Å². The first kappa shape index (κ1) is 26.1. The fraction of sp³-hybridized carbons (Fsp3) is 0.310. The molecule has 194 valence electrons. The number of benzene rings is 3. The minimum absolute atomic E-state index is 0.0631. The van der Waals surface area contributed by atoms with Crippen molar-refractivity contribution in [2.45, 2.75) is 25.5 Å². The summed E-state index contributed by atoms with van der Waals surface area (Å²) >= 11 is 0. The molecule has 0 saturated carbocycles. The van der Waals surface area contributed by atoms with Gasteiger partial charge in [0.2, 0.25) is 5.91 Å². The molecule has 1 saturated heterocycles. The molecule has 1 aliphatic rings. The van der Waals surface area contributed by atoms with Crippen LogP contribution in [0.2, 0.25) is 0 Å². The summed E-state index contributed by atoms with van der Waals surface area (Å²) in [6, 6.07) is 21.1. The maximum absolute atomic E-state index is 13.4. The Balaban J connectivity index is 1.41. The highest BCUT2D eigenvalue weighted by atomic mass is 19.1. The molecule has 1 fully saturated rings. The van der Waals surface area contributed by atoms with Crippen LogP contribution in [-0.4, -0.2) is 54.5 Å². The van der Waals surface area contributed by atoms with Crippen molar-refractivity contribution in [2.24, 2.45) is 5.92 Å². The molecule has 1 heterocycles. The zero-order chi connectivity index (χ0) is 26.2. The molecule has 4 rings (SSSR count). The number of hydrogen-bond acceptors (Lipinski definition) is 4. The first-order valence-electron chi connectivity index (χ1n) is 12.2. The minimum Gasteiger partial charge on any atom is -0.490 e. The van der Waals surface area contributed by atoms with Gasteiger partial charge in [0.05, 0.1) is 0 Å². The van der Waals surface area contributed by atoms with E-state index in [2.05, 4.69) is 0 Å². The average molecular weight is 509 g/mol. The first-order chi connectivity index (χ1) is 17.9. The van der Waals surface area contributed by atoms with Crippen molar-refractivity contribution < 1.29 is 27.8 Å². The topological polar surface area (TPSA) is 59.1 Å². The van der Waals surface area contributed by atoms with Crippen molar-refractivity contribution in [3.05, 3.63) is 96.1 Å². The van der Waals surface area contributed by atoms with Gasteiger partial charge in [0.15, 0.2) is 6.61 Å². The summed E-state index contributed by atoms with van der Waals surface area (Å²) in [6.07, 6.45) is 0.361. The zero-order valence-corrected chi connectivity index (χ0v) is 20.7. The second kappa shape index (κ2) is 12.3. The fourth-order valence-corrected chi connectivity index (χ4v) is 4.40. The largest absolute Gasteiger partial charge is 0.490 e. The van der Waals surface area contributed by atoms with Crippen LogP contribution in [0.1, 0.15) is 18.4 Å². The second-order valence-electron chi connectivity index (χ2n) is 9.18. The van der Waals surface area contributed by atoms with Crippen molar-refractivity contribution >= 4 is 11.8 Å². The summed E-state index contributed by atoms with van der Waals surface area (Å²) in [5.74, 6) is -0.607. The van der Waals surface area contributed by atoms with Crippen molar-refractivity contribution in [3.63, 3.8) is 0 Å². The van der Waals surface area contributed by atoms with E-state index in [0.29, 0.717) is 31.8 Å². The van der Waals surface area contributed by atoms with Gasteiger partial charge < -0.3 is 19.3 Å². The number of hydrogen-bond donors (Lipinski definition) is 0. The lowest BCUT2D eigenvalue weighted by Gasteiger charge is -2.38. The quantitative estimate of drug-likeness (QED) is 0.421. The van der Waals surface area contributed by atoms with E-state index in [1.807, 2.05) is 30.3 Å². The lowest BCUT2D eigenvalue weighted by molar-refractivity contribution is -0.140. The number of nitrogens with zero attached hydrogens (tertiary/aromatic N) is 2. The van der Waals surface area contributed by atoms with Gasteiger partial charge in [-0.1, -0.05) is 36.4 Å². The Morgan fingerprint density at radius 1 is 0.946 bits per heavy atom. The van der Waals surface area contributed by atoms with Gasteiger partial charge in [0.1, 0.15) is 29.2 Å². The molecule has 2 amide bonds. The number of piperidine rings is 1. The molecule has 0 radical (unpaired) electrons. The van der Waals surface area contributed by atoms with E-state index in [1.165, 1.54) is 30.3 Å². The Hall–Kier alpha value is -3.94. The summed E-state index contributed by atoms with van der Waals surface area (Å²) < 4.78 is 38.4.